The van der Waals surface area contributed by atoms with E-state index in [1.807, 2.05) is 6.92 Å². The molecule has 0 atom stereocenters. The molecule has 2 aromatic carbocycles. The summed E-state index contributed by atoms with van der Waals surface area (Å²) in [5, 5.41) is 13.6. The van der Waals surface area contributed by atoms with Crippen molar-refractivity contribution in [3.8, 4) is 11.5 Å². The normalized spacial score (nSPS) is 10.1. The number of amides is 1. The zero-order valence-corrected chi connectivity index (χ0v) is 14.6. The van der Waals surface area contributed by atoms with Crippen molar-refractivity contribution in [1.29, 1.82) is 0 Å². The van der Waals surface area contributed by atoms with Crippen molar-refractivity contribution >= 4 is 33.2 Å². The number of methoxy groups -OCH3 is 1. The smallest absolute Gasteiger partial charge is 0.312 e. The van der Waals surface area contributed by atoms with Crippen LogP contribution in [0.3, 0.4) is 0 Å². The molecule has 0 fully saturated rings. The maximum atomic E-state index is 12.3. The zero-order valence-electron chi connectivity index (χ0n) is 13.0. The number of nitro groups is 1. The number of rotatable bonds is 6. The fraction of sp³-hybridized carbons (Fsp3) is 0.188. The average molecular weight is 395 g/mol. The first kappa shape index (κ1) is 17.7. The van der Waals surface area contributed by atoms with Crippen LogP contribution in [0.1, 0.15) is 17.3 Å². The van der Waals surface area contributed by atoms with Gasteiger partial charge < -0.3 is 14.8 Å². The minimum absolute atomic E-state index is 0.127. The number of carbonyl (C=O) groups is 1. The molecule has 0 radical (unpaired) electrons. The lowest BCUT2D eigenvalue weighted by Crippen LogP contribution is -2.12. The van der Waals surface area contributed by atoms with Crippen LogP contribution < -0.4 is 14.8 Å². The molecular weight excluding hydrogens is 380 g/mol. The quantitative estimate of drug-likeness (QED) is 0.590. The molecule has 0 aliphatic heterocycles. The van der Waals surface area contributed by atoms with Crippen LogP contribution in [-0.2, 0) is 0 Å². The number of nitrogens with zero attached hydrogens (tertiary/aromatic N) is 1. The summed E-state index contributed by atoms with van der Waals surface area (Å²) in [4.78, 5) is 22.8. The maximum Gasteiger partial charge on any atom is 0.312 e. The van der Waals surface area contributed by atoms with Crippen LogP contribution in [0.4, 0.5) is 11.4 Å². The lowest BCUT2D eigenvalue weighted by atomic mass is 10.2. The van der Waals surface area contributed by atoms with Gasteiger partial charge in [0.05, 0.1) is 23.1 Å². The molecule has 0 saturated carbocycles. The third-order valence-electron chi connectivity index (χ3n) is 3.13. The molecule has 126 valence electrons. The number of nitrogens with one attached hydrogen (secondary N) is 1. The van der Waals surface area contributed by atoms with Crippen molar-refractivity contribution in [3.63, 3.8) is 0 Å². The van der Waals surface area contributed by atoms with Gasteiger partial charge in [-0.05, 0) is 53.2 Å². The Bertz CT molecular complexity index is 779. The second kappa shape index (κ2) is 7.78. The Hall–Kier alpha value is -2.61. The van der Waals surface area contributed by atoms with Gasteiger partial charge in [0.25, 0.3) is 5.91 Å². The third-order valence-corrected chi connectivity index (χ3v) is 3.75. The van der Waals surface area contributed by atoms with Gasteiger partial charge in [-0.2, -0.15) is 0 Å². The maximum absolute atomic E-state index is 12.3. The highest BCUT2D eigenvalue weighted by Crippen LogP contribution is 2.30. The highest BCUT2D eigenvalue weighted by Gasteiger charge is 2.17. The monoisotopic (exact) mass is 394 g/mol. The molecule has 0 unspecified atom stereocenters. The summed E-state index contributed by atoms with van der Waals surface area (Å²) >= 11 is 3.34. The average Bonchev–Trinajstić information content (AvgIpc) is 2.56. The van der Waals surface area contributed by atoms with Crippen molar-refractivity contribution in [2.24, 2.45) is 0 Å². The molecule has 1 amide bonds. The van der Waals surface area contributed by atoms with Crippen LogP contribution in [0.2, 0.25) is 0 Å². The Balaban J connectivity index is 2.22. The molecular formula is C16H15BrN2O5. The molecule has 0 heterocycles. The van der Waals surface area contributed by atoms with Gasteiger partial charge in [0.15, 0.2) is 5.75 Å². The summed E-state index contributed by atoms with van der Waals surface area (Å²) < 4.78 is 11.0. The predicted molar refractivity (Wildman–Crippen MR) is 92.9 cm³/mol. The third kappa shape index (κ3) is 4.02. The van der Waals surface area contributed by atoms with Gasteiger partial charge in [-0.15, -0.1) is 0 Å². The van der Waals surface area contributed by atoms with Crippen LogP contribution in [0.5, 0.6) is 11.5 Å². The Kier molecular flexibility index (Phi) is 5.75. The van der Waals surface area contributed by atoms with Crippen molar-refractivity contribution in [3.05, 3.63) is 56.5 Å². The summed E-state index contributed by atoms with van der Waals surface area (Å²) in [6.45, 7) is 2.38. The molecule has 8 heteroatoms. The number of anilines is 1. The van der Waals surface area contributed by atoms with E-state index in [-0.39, 0.29) is 11.4 Å². The Labute approximate surface area is 146 Å². The second-order valence-corrected chi connectivity index (χ2v) is 5.53. The molecule has 0 saturated heterocycles. The summed E-state index contributed by atoms with van der Waals surface area (Å²) in [5.41, 5.74) is 0.476. The second-order valence-electron chi connectivity index (χ2n) is 4.68. The zero-order chi connectivity index (χ0) is 17.7. The highest BCUT2D eigenvalue weighted by molar-refractivity contribution is 9.10. The minimum atomic E-state index is -0.568. The van der Waals surface area contributed by atoms with Crippen LogP contribution in [0, 0.1) is 10.1 Å². The SMILES string of the molecule is CCOc1ccc(C(=O)Nc2ccc(OC)c([N+](=O)[O-])c2)cc1Br. The van der Waals surface area contributed by atoms with E-state index in [9.17, 15) is 14.9 Å². The summed E-state index contributed by atoms with van der Waals surface area (Å²) in [6.07, 6.45) is 0. The van der Waals surface area contributed by atoms with Crippen LogP contribution in [0.15, 0.2) is 40.9 Å². The van der Waals surface area contributed by atoms with Crippen molar-refractivity contribution in [1.82, 2.24) is 0 Å². The van der Waals surface area contributed by atoms with Crippen molar-refractivity contribution in [2.45, 2.75) is 6.92 Å². The van der Waals surface area contributed by atoms with Gasteiger partial charge in [-0.1, -0.05) is 0 Å². The summed E-state index contributed by atoms with van der Waals surface area (Å²) in [5.74, 6) is 0.370. The predicted octanol–water partition coefficient (Wildman–Crippen LogP) is 4.02. The number of hydrogen-bond donors (Lipinski definition) is 1. The number of benzene rings is 2. The van der Waals surface area contributed by atoms with Crippen LogP contribution >= 0.6 is 15.9 Å². The standard InChI is InChI=1S/C16H15BrN2O5/c1-3-24-14-6-4-10(8-12(14)17)16(20)18-11-5-7-15(23-2)13(9-11)19(21)22/h4-9H,3H2,1-2H3,(H,18,20). The molecule has 0 spiro atoms. The molecule has 0 aromatic heterocycles. The molecule has 2 rings (SSSR count). The number of ether oxygens (including phenoxy) is 2. The first-order chi connectivity index (χ1) is 11.5. The van der Waals surface area contributed by atoms with Gasteiger partial charge in [0.2, 0.25) is 0 Å². The lowest BCUT2D eigenvalue weighted by molar-refractivity contribution is -0.385. The van der Waals surface area contributed by atoms with E-state index in [2.05, 4.69) is 21.2 Å². The molecule has 7 nitrogen and oxygen atoms in total. The van der Waals surface area contributed by atoms with Crippen LogP contribution in [0.25, 0.3) is 0 Å². The van der Waals surface area contributed by atoms with Gasteiger partial charge in [0, 0.05) is 17.3 Å². The fourth-order valence-corrected chi connectivity index (χ4v) is 2.52. The van der Waals surface area contributed by atoms with E-state index in [0.717, 1.165) is 0 Å². The van der Waals surface area contributed by atoms with E-state index < -0.39 is 10.8 Å². The Morgan fingerprint density at radius 2 is 1.96 bits per heavy atom. The van der Waals surface area contributed by atoms with E-state index in [1.54, 1.807) is 18.2 Å². The Morgan fingerprint density at radius 3 is 2.54 bits per heavy atom. The molecule has 0 aliphatic carbocycles. The number of nitro benzene ring substituents is 1. The first-order valence-corrected chi connectivity index (χ1v) is 7.81. The molecule has 0 aliphatic rings. The molecule has 24 heavy (non-hydrogen) atoms. The van der Waals surface area contributed by atoms with E-state index in [4.69, 9.17) is 9.47 Å². The number of hydrogen-bond acceptors (Lipinski definition) is 5. The van der Waals surface area contributed by atoms with Crippen molar-refractivity contribution < 1.29 is 19.2 Å². The first-order valence-electron chi connectivity index (χ1n) is 7.02. The topological polar surface area (TPSA) is 90.7 Å². The van der Waals surface area contributed by atoms with Gasteiger partial charge in [-0.25, -0.2) is 0 Å². The van der Waals surface area contributed by atoms with Gasteiger partial charge in [0.1, 0.15) is 5.75 Å². The molecule has 0 bridgehead atoms. The highest BCUT2D eigenvalue weighted by atomic mass is 79.9. The number of halogens is 1. The van der Waals surface area contributed by atoms with E-state index >= 15 is 0 Å². The summed E-state index contributed by atoms with van der Waals surface area (Å²) in [7, 11) is 1.35. The number of carbonyl (C=O) groups excluding carboxylic acids is 1. The van der Waals surface area contributed by atoms with Crippen LogP contribution in [-0.4, -0.2) is 24.5 Å². The molecule has 2 aromatic rings. The van der Waals surface area contributed by atoms with Gasteiger partial charge >= 0.3 is 5.69 Å². The lowest BCUT2D eigenvalue weighted by Gasteiger charge is -2.09. The van der Waals surface area contributed by atoms with E-state index in [0.29, 0.717) is 28.1 Å². The van der Waals surface area contributed by atoms with Gasteiger partial charge in [-0.3, -0.25) is 14.9 Å². The largest absolute Gasteiger partial charge is 0.493 e. The Morgan fingerprint density at radius 1 is 1.25 bits per heavy atom. The summed E-state index contributed by atoms with van der Waals surface area (Å²) in [6, 6.07) is 9.13. The van der Waals surface area contributed by atoms with Crippen molar-refractivity contribution in [2.75, 3.05) is 19.0 Å². The minimum Gasteiger partial charge on any atom is -0.493 e. The molecule has 1 N–H and O–H groups in total. The fourth-order valence-electron chi connectivity index (χ4n) is 2.03. The van der Waals surface area contributed by atoms with E-state index in [1.165, 1.54) is 25.3 Å².